The van der Waals surface area contributed by atoms with E-state index in [0.29, 0.717) is 0 Å². The van der Waals surface area contributed by atoms with Gasteiger partial charge in [0.2, 0.25) is 15.8 Å². The number of aromatic carboxylic acids is 1. The smallest absolute Gasteiger partial charge is 0.371 e. The van der Waals surface area contributed by atoms with Crippen molar-refractivity contribution in [2.45, 2.75) is 25.3 Å². The Labute approximate surface area is 129 Å². The zero-order chi connectivity index (χ0) is 16.3. The van der Waals surface area contributed by atoms with Gasteiger partial charge in [-0.1, -0.05) is 37.3 Å². The van der Waals surface area contributed by atoms with Crippen molar-refractivity contribution in [3.05, 3.63) is 53.5 Å². The third-order valence-corrected chi connectivity index (χ3v) is 5.28. The van der Waals surface area contributed by atoms with Gasteiger partial charge < -0.3 is 9.52 Å². The maximum atomic E-state index is 12.7. The molecule has 0 saturated carbocycles. The lowest BCUT2D eigenvalue weighted by Gasteiger charge is -2.20. The Hall–Kier alpha value is -2.12. The van der Waals surface area contributed by atoms with Crippen molar-refractivity contribution in [1.82, 2.24) is 4.31 Å². The van der Waals surface area contributed by atoms with Crippen molar-refractivity contribution >= 4 is 16.0 Å². The van der Waals surface area contributed by atoms with E-state index in [9.17, 15) is 13.2 Å². The molecule has 0 atom stereocenters. The molecular weight excluding hydrogens is 306 g/mol. The molecule has 1 aromatic heterocycles. The highest BCUT2D eigenvalue weighted by atomic mass is 32.2. The second kappa shape index (κ2) is 6.33. The van der Waals surface area contributed by atoms with Crippen LogP contribution in [0, 0.1) is 6.92 Å². The minimum atomic E-state index is -3.82. The van der Waals surface area contributed by atoms with Gasteiger partial charge in [0.15, 0.2) is 0 Å². The first-order chi connectivity index (χ1) is 10.4. The molecule has 0 spiro atoms. The SMILES string of the molecule is CCN(Cc1ccccc1)S(=O)(=O)c1cc(C(=O)O)oc1C. The Kier molecular flexibility index (Phi) is 4.68. The molecule has 0 aliphatic carbocycles. The molecule has 6 nitrogen and oxygen atoms in total. The molecule has 0 radical (unpaired) electrons. The fourth-order valence-electron chi connectivity index (χ4n) is 2.12. The van der Waals surface area contributed by atoms with Crippen molar-refractivity contribution in [2.24, 2.45) is 0 Å². The van der Waals surface area contributed by atoms with Gasteiger partial charge in [0.05, 0.1) is 0 Å². The van der Waals surface area contributed by atoms with E-state index in [0.717, 1.165) is 11.6 Å². The second-order valence-corrected chi connectivity index (χ2v) is 6.66. The number of hydrogen-bond acceptors (Lipinski definition) is 4. The van der Waals surface area contributed by atoms with Crippen molar-refractivity contribution in [3.8, 4) is 0 Å². The fraction of sp³-hybridized carbons (Fsp3) is 0.267. The van der Waals surface area contributed by atoms with Crippen molar-refractivity contribution in [2.75, 3.05) is 6.54 Å². The molecule has 1 N–H and O–H groups in total. The Morgan fingerprint density at radius 2 is 1.91 bits per heavy atom. The van der Waals surface area contributed by atoms with Crippen LogP contribution in [0.15, 0.2) is 45.7 Å². The van der Waals surface area contributed by atoms with E-state index in [-0.39, 0.29) is 29.5 Å². The number of benzene rings is 1. The van der Waals surface area contributed by atoms with Crippen LogP contribution in [-0.4, -0.2) is 30.3 Å². The first-order valence-electron chi connectivity index (χ1n) is 6.74. The van der Waals surface area contributed by atoms with Gasteiger partial charge in [-0.25, -0.2) is 13.2 Å². The number of aryl methyl sites for hydroxylation is 1. The summed E-state index contributed by atoms with van der Waals surface area (Å²) in [6.07, 6.45) is 0. The number of furan rings is 1. The summed E-state index contributed by atoms with van der Waals surface area (Å²) >= 11 is 0. The van der Waals surface area contributed by atoms with E-state index in [2.05, 4.69) is 0 Å². The highest BCUT2D eigenvalue weighted by molar-refractivity contribution is 7.89. The topological polar surface area (TPSA) is 87.8 Å². The number of rotatable bonds is 6. The lowest BCUT2D eigenvalue weighted by Crippen LogP contribution is -2.30. The van der Waals surface area contributed by atoms with Gasteiger partial charge in [-0.05, 0) is 12.5 Å². The average molecular weight is 323 g/mol. The molecule has 7 heteroatoms. The minimum Gasteiger partial charge on any atom is -0.475 e. The fourth-order valence-corrected chi connectivity index (χ4v) is 3.72. The van der Waals surface area contributed by atoms with E-state index in [1.54, 1.807) is 6.92 Å². The lowest BCUT2D eigenvalue weighted by atomic mass is 10.2. The van der Waals surface area contributed by atoms with Crippen LogP contribution in [0.25, 0.3) is 0 Å². The Balaban J connectivity index is 2.37. The van der Waals surface area contributed by atoms with Crippen LogP contribution in [0.4, 0.5) is 0 Å². The molecule has 118 valence electrons. The standard InChI is InChI=1S/C15H17NO5S/c1-3-16(10-12-7-5-4-6-8-12)22(19,20)14-9-13(15(17)18)21-11(14)2/h4-9H,3,10H2,1-2H3,(H,17,18). The Morgan fingerprint density at radius 1 is 1.27 bits per heavy atom. The molecular formula is C15H17NO5S. The molecule has 0 unspecified atom stereocenters. The first kappa shape index (κ1) is 16.3. The van der Waals surface area contributed by atoms with Gasteiger partial charge >= 0.3 is 5.97 Å². The maximum Gasteiger partial charge on any atom is 0.371 e. The molecule has 1 heterocycles. The highest BCUT2D eigenvalue weighted by Gasteiger charge is 2.29. The predicted octanol–water partition coefficient (Wildman–Crippen LogP) is 2.50. The summed E-state index contributed by atoms with van der Waals surface area (Å²) in [6, 6.07) is 10.3. The molecule has 0 fully saturated rings. The van der Waals surface area contributed by atoms with Crippen molar-refractivity contribution < 1.29 is 22.7 Å². The normalized spacial score (nSPS) is 11.8. The summed E-state index contributed by atoms with van der Waals surface area (Å²) in [6.45, 7) is 3.65. The van der Waals surface area contributed by atoms with Crippen LogP contribution in [0.2, 0.25) is 0 Å². The van der Waals surface area contributed by atoms with Gasteiger partial charge in [0.1, 0.15) is 10.7 Å². The van der Waals surface area contributed by atoms with Crippen LogP contribution < -0.4 is 0 Å². The molecule has 2 rings (SSSR count). The summed E-state index contributed by atoms with van der Waals surface area (Å²) < 4.78 is 31.7. The van der Waals surface area contributed by atoms with Crippen LogP contribution in [0.5, 0.6) is 0 Å². The number of sulfonamides is 1. The van der Waals surface area contributed by atoms with E-state index in [1.807, 2.05) is 30.3 Å². The van der Waals surface area contributed by atoms with Crippen molar-refractivity contribution in [3.63, 3.8) is 0 Å². The van der Waals surface area contributed by atoms with Gasteiger partial charge in [-0.2, -0.15) is 4.31 Å². The quantitative estimate of drug-likeness (QED) is 0.882. The van der Waals surface area contributed by atoms with Crippen LogP contribution in [-0.2, 0) is 16.6 Å². The summed E-state index contributed by atoms with van der Waals surface area (Å²) in [4.78, 5) is 10.8. The predicted molar refractivity (Wildman–Crippen MR) is 80.1 cm³/mol. The summed E-state index contributed by atoms with van der Waals surface area (Å²) in [5.41, 5.74) is 0.854. The van der Waals surface area contributed by atoms with E-state index < -0.39 is 16.0 Å². The summed E-state index contributed by atoms with van der Waals surface area (Å²) in [5, 5.41) is 8.92. The summed E-state index contributed by atoms with van der Waals surface area (Å²) in [7, 11) is -3.82. The zero-order valence-corrected chi connectivity index (χ0v) is 13.1. The molecule has 1 aromatic carbocycles. The molecule has 2 aromatic rings. The number of hydrogen-bond donors (Lipinski definition) is 1. The van der Waals surface area contributed by atoms with E-state index in [4.69, 9.17) is 9.52 Å². The first-order valence-corrected chi connectivity index (χ1v) is 8.18. The largest absolute Gasteiger partial charge is 0.475 e. The molecule has 0 amide bonds. The van der Waals surface area contributed by atoms with Crippen LogP contribution in [0.3, 0.4) is 0 Å². The molecule has 0 bridgehead atoms. The third kappa shape index (κ3) is 3.20. The molecule has 0 saturated heterocycles. The minimum absolute atomic E-state index is 0.0731. The zero-order valence-electron chi connectivity index (χ0n) is 12.3. The molecule has 0 aliphatic rings. The maximum absolute atomic E-state index is 12.7. The third-order valence-electron chi connectivity index (χ3n) is 3.26. The van der Waals surface area contributed by atoms with Gasteiger partial charge in [0, 0.05) is 19.2 Å². The monoisotopic (exact) mass is 323 g/mol. The average Bonchev–Trinajstić information content (AvgIpc) is 2.88. The Bertz CT molecular complexity index is 764. The summed E-state index contributed by atoms with van der Waals surface area (Å²) in [5.74, 6) is -1.61. The van der Waals surface area contributed by atoms with Gasteiger partial charge in [-0.3, -0.25) is 0 Å². The van der Waals surface area contributed by atoms with Crippen LogP contribution in [0.1, 0.15) is 28.8 Å². The number of nitrogens with zero attached hydrogens (tertiary/aromatic N) is 1. The van der Waals surface area contributed by atoms with Gasteiger partial charge in [-0.15, -0.1) is 0 Å². The second-order valence-electron chi connectivity index (χ2n) is 4.75. The molecule has 0 aliphatic heterocycles. The van der Waals surface area contributed by atoms with E-state index in [1.165, 1.54) is 11.2 Å². The lowest BCUT2D eigenvalue weighted by molar-refractivity contribution is 0.0661. The number of carboxylic acids is 1. The number of carbonyl (C=O) groups is 1. The van der Waals surface area contributed by atoms with Gasteiger partial charge in [0.25, 0.3) is 0 Å². The highest BCUT2D eigenvalue weighted by Crippen LogP contribution is 2.25. The molecule has 22 heavy (non-hydrogen) atoms. The van der Waals surface area contributed by atoms with E-state index >= 15 is 0 Å². The van der Waals surface area contributed by atoms with Crippen LogP contribution >= 0.6 is 0 Å². The number of carboxylic acid groups (broad SMARTS) is 1. The van der Waals surface area contributed by atoms with Crippen molar-refractivity contribution in [1.29, 1.82) is 0 Å². The Morgan fingerprint density at radius 3 is 2.41 bits per heavy atom.